The summed E-state index contributed by atoms with van der Waals surface area (Å²) in [6.07, 6.45) is 5.49. The number of ether oxygens (including phenoxy) is 1. The molecule has 130 valence electrons. The molecule has 2 fully saturated rings. The number of rotatable bonds is 4. The van der Waals surface area contributed by atoms with Crippen molar-refractivity contribution in [2.75, 3.05) is 19.7 Å². The number of carbonyl (C=O) groups excluding carboxylic acids is 1. The molecule has 24 heavy (non-hydrogen) atoms. The molecule has 0 spiro atoms. The van der Waals surface area contributed by atoms with E-state index in [0.29, 0.717) is 25.1 Å². The molecule has 2 saturated carbocycles. The molecule has 1 aromatic rings. The molecule has 0 aromatic heterocycles. The van der Waals surface area contributed by atoms with Crippen LogP contribution in [0.2, 0.25) is 0 Å². The molecule has 4 rings (SSSR count). The molecular formula is C20H28N2O2. The van der Waals surface area contributed by atoms with Crippen molar-refractivity contribution in [3.05, 3.63) is 29.8 Å². The summed E-state index contributed by atoms with van der Waals surface area (Å²) < 4.78 is 5.78. The Hall–Kier alpha value is -1.55. The van der Waals surface area contributed by atoms with Gasteiger partial charge in [0, 0.05) is 24.7 Å². The number of amides is 1. The molecule has 4 nitrogen and oxygen atoms in total. The summed E-state index contributed by atoms with van der Waals surface area (Å²) in [5, 5.41) is 3.28. The van der Waals surface area contributed by atoms with Gasteiger partial charge in [-0.25, -0.2) is 0 Å². The van der Waals surface area contributed by atoms with E-state index in [0.717, 1.165) is 30.7 Å². The van der Waals surface area contributed by atoms with E-state index in [4.69, 9.17) is 4.74 Å². The van der Waals surface area contributed by atoms with E-state index in [-0.39, 0.29) is 5.91 Å². The lowest BCUT2D eigenvalue weighted by molar-refractivity contribution is -0.123. The summed E-state index contributed by atoms with van der Waals surface area (Å²) in [5.41, 5.74) is 1.17. The molecule has 4 unspecified atom stereocenters. The van der Waals surface area contributed by atoms with E-state index >= 15 is 0 Å². The van der Waals surface area contributed by atoms with Gasteiger partial charge in [0.05, 0.1) is 6.54 Å². The van der Waals surface area contributed by atoms with Crippen molar-refractivity contribution in [1.29, 1.82) is 0 Å². The van der Waals surface area contributed by atoms with Gasteiger partial charge in [-0.05, 0) is 50.0 Å². The summed E-state index contributed by atoms with van der Waals surface area (Å²) in [7, 11) is 0. The van der Waals surface area contributed by atoms with E-state index in [1.165, 1.54) is 31.2 Å². The van der Waals surface area contributed by atoms with E-state index in [2.05, 4.69) is 23.2 Å². The quantitative estimate of drug-likeness (QED) is 0.924. The fourth-order valence-electron chi connectivity index (χ4n) is 5.03. The first-order valence-corrected chi connectivity index (χ1v) is 9.41. The number of hydrogen-bond donors (Lipinski definition) is 1. The van der Waals surface area contributed by atoms with Gasteiger partial charge in [-0.2, -0.15) is 0 Å². The lowest BCUT2D eigenvalue weighted by atomic mass is 9.84. The summed E-state index contributed by atoms with van der Waals surface area (Å²) in [6.45, 7) is 4.88. The lowest BCUT2D eigenvalue weighted by Gasteiger charge is -2.29. The Bertz CT molecular complexity index is 603. The van der Waals surface area contributed by atoms with Crippen LogP contribution in [0.25, 0.3) is 0 Å². The normalized spacial score (nSPS) is 30.3. The Kier molecular flexibility index (Phi) is 4.49. The fourth-order valence-corrected chi connectivity index (χ4v) is 5.03. The zero-order chi connectivity index (χ0) is 16.5. The molecule has 3 aliphatic rings. The highest BCUT2D eigenvalue weighted by molar-refractivity contribution is 5.78. The third-order valence-corrected chi connectivity index (χ3v) is 6.22. The van der Waals surface area contributed by atoms with Gasteiger partial charge in [0.1, 0.15) is 12.4 Å². The molecule has 4 atom stereocenters. The van der Waals surface area contributed by atoms with Crippen LogP contribution < -0.4 is 10.1 Å². The monoisotopic (exact) mass is 328 g/mol. The van der Waals surface area contributed by atoms with Crippen LogP contribution in [0, 0.1) is 17.8 Å². The van der Waals surface area contributed by atoms with Crippen molar-refractivity contribution in [2.24, 2.45) is 17.8 Å². The second-order valence-corrected chi connectivity index (χ2v) is 7.86. The minimum Gasteiger partial charge on any atom is -0.492 e. The van der Waals surface area contributed by atoms with Gasteiger partial charge in [0.25, 0.3) is 0 Å². The highest BCUT2D eigenvalue weighted by Gasteiger charge is 2.42. The Morgan fingerprint density at radius 2 is 2.21 bits per heavy atom. The number of nitrogens with zero attached hydrogens (tertiary/aromatic N) is 1. The number of hydrogen-bond acceptors (Lipinski definition) is 3. The van der Waals surface area contributed by atoms with Gasteiger partial charge < -0.3 is 10.1 Å². The number of para-hydroxylation sites is 1. The molecule has 1 heterocycles. The van der Waals surface area contributed by atoms with Crippen molar-refractivity contribution in [3.8, 4) is 5.75 Å². The molecule has 1 N–H and O–H groups in total. The van der Waals surface area contributed by atoms with Gasteiger partial charge in [0.2, 0.25) is 5.91 Å². The second kappa shape index (κ2) is 6.75. The smallest absolute Gasteiger partial charge is 0.234 e. The Labute approximate surface area is 144 Å². The second-order valence-electron chi connectivity index (χ2n) is 7.86. The minimum absolute atomic E-state index is 0.157. The first kappa shape index (κ1) is 15.9. The third-order valence-electron chi connectivity index (χ3n) is 6.22. The van der Waals surface area contributed by atoms with Crippen LogP contribution in [0.1, 0.15) is 38.2 Å². The molecule has 4 heteroatoms. The largest absolute Gasteiger partial charge is 0.492 e. The van der Waals surface area contributed by atoms with Crippen LogP contribution >= 0.6 is 0 Å². The molecule has 2 aliphatic carbocycles. The van der Waals surface area contributed by atoms with Gasteiger partial charge in [0.15, 0.2) is 0 Å². The third kappa shape index (κ3) is 3.30. The van der Waals surface area contributed by atoms with Gasteiger partial charge in [-0.15, -0.1) is 0 Å². The number of carbonyl (C=O) groups is 1. The van der Waals surface area contributed by atoms with E-state index in [9.17, 15) is 4.79 Å². The maximum Gasteiger partial charge on any atom is 0.234 e. The summed E-state index contributed by atoms with van der Waals surface area (Å²) in [4.78, 5) is 14.7. The Morgan fingerprint density at radius 1 is 1.33 bits per heavy atom. The SMILES string of the molecule is CC(NC(=O)CN1CCOc2ccccc2C1)C1CC2CCC1C2. The maximum atomic E-state index is 12.5. The molecule has 1 aromatic carbocycles. The van der Waals surface area contributed by atoms with Crippen molar-refractivity contribution < 1.29 is 9.53 Å². The van der Waals surface area contributed by atoms with Gasteiger partial charge >= 0.3 is 0 Å². The topological polar surface area (TPSA) is 41.6 Å². The van der Waals surface area contributed by atoms with Crippen molar-refractivity contribution in [2.45, 2.75) is 45.2 Å². The van der Waals surface area contributed by atoms with E-state index in [1.807, 2.05) is 18.2 Å². The molecular weight excluding hydrogens is 300 g/mol. The van der Waals surface area contributed by atoms with Crippen LogP contribution in [0.15, 0.2) is 24.3 Å². The highest BCUT2D eigenvalue weighted by atomic mass is 16.5. The predicted molar refractivity (Wildman–Crippen MR) is 93.8 cm³/mol. The Balaban J connectivity index is 1.31. The zero-order valence-electron chi connectivity index (χ0n) is 14.5. The van der Waals surface area contributed by atoms with Crippen molar-refractivity contribution in [3.63, 3.8) is 0 Å². The average molecular weight is 328 g/mol. The number of benzene rings is 1. The molecule has 0 saturated heterocycles. The maximum absolute atomic E-state index is 12.5. The summed E-state index contributed by atoms with van der Waals surface area (Å²) in [5.74, 6) is 3.59. The average Bonchev–Trinajstić information content (AvgIpc) is 3.13. The first-order chi connectivity index (χ1) is 11.7. The number of nitrogens with one attached hydrogen (secondary N) is 1. The van der Waals surface area contributed by atoms with Crippen LogP contribution in [-0.4, -0.2) is 36.5 Å². The van der Waals surface area contributed by atoms with E-state index in [1.54, 1.807) is 0 Å². The van der Waals surface area contributed by atoms with Gasteiger partial charge in [-0.3, -0.25) is 9.69 Å². The van der Waals surface area contributed by atoms with E-state index < -0.39 is 0 Å². The van der Waals surface area contributed by atoms with Crippen molar-refractivity contribution in [1.82, 2.24) is 10.2 Å². The van der Waals surface area contributed by atoms with Crippen LogP contribution in [0.4, 0.5) is 0 Å². The molecule has 1 amide bonds. The van der Waals surface area contributed by atoms with Crippen LogP contribution in [0.5, 0.6) is 5.75 Å². The minimum atomic E-state index is 0.157. The van der Waals surface area contributed by atoms with Gasteiger partial charge in [-0.1, -0.05) is 24.6 Å². The van der Waals surface area contributed by atoms with Crippen LogP contribution in [0.3, 0.4) is 0 Å². The van der Waals surface area contributed by atoms with Crippen molar-refractivity contribution >= 4 is 5.91 Å². The van der Waals surface area contributed by atoms with Crippen LogP contribution in [-0.2, 0) is 11.3 Å². The fraction of sp³-hybridized carbons (Fsp3) is 0.650. The number of fused-ring (bicyclic) bond motifs is 3. The zero-order valence-corrected chi connectivity index (χ0v) is 14.5. The standard InChI is InChI=1S/C20H28N2O2/c1-14(18-11-15-6-7-16(18)10-15)21-20(23)13-22-8-9-24-19-5-3-2-4-17(19)12-22/h2-5,14-16,18H,6-13H2,1H3,(H,21,23). The molecule has 1 aliphatic heterocycles. The first-order valence-electron chi connectivity index (χ1n) is 9.41. The highest BCUT2D eigenvalue weighted by Crippen LogP contribution is 2.49. The molecule has 2 bridgehead atoms. The molecule has 0 radical (unpaired) electrons. The lowest BCUT2D eigenvalue weighted by Crippen LogP contribution is -2.45. The predicted octanol–water partition coefficient (Wildman–Crippen LogP) is 2.82. The Morgan fingerprint density at radius 3 is 3.00 bits per heavy atom. The summed E-state index contributed by atoms with van der Waals surface area (Å²) in [6, 6.07) is 8.43. The summed E-state index contributed by atoms with van der Waals surface area (Å²) >= 11 is 0.